The Morgan fingerprint density at radius 1 is 1.04 bits per heavy atom. The molecule has 0 amide bonds. The molecule has 0 bridgehead atoms. The Hall–Kier alpha value is -2.07. The van der Waals surface area contributed by atoms with Crippen molar-refractivity contribution in [1.82, 2.24) is 0 Å². The summed E-state index contributed by atoms with van der Waals surface area (Å²) in [5, 5.41) is 1.12. The number of benzene rings is 1. The fourth-order valence-electron chi connectivity index (χ4n) is 3.02. The van der Waals surface area contributed by atoms with Crippen LogP contribution in [0.2, 0.25) is 0 Å². The lowest BCUT2D eigenvalue weighted by Crippen LogP contribution is -2.31. The first kappa shape index (κ1) is 16.8. The molecule has 3 nitrogen and oxygen atoms in total. The number of anilines is 1. The summed E-state index contributed by atoms with van der Waals surface area (Å²) >= 11 is 1.71. The maximum Gasteiger partial charge on any atom is 0.166 e. The van der Waals surface area contributed by atoms with Crippen LogP contribution in [0.1, 0.15) is 26.7 Å². The number of ketones is 2. The largest absolute Gasteiger partial charge is 0.338 e. The molecule has 0 saturated heterocycles. The van der Waals surface area contributed by atoms with E-state index in [2.05, 4.69) is 17.0 Å². The first-order valence-corrected chi connectivity index (χ1v) is 8.85. The Bertz CT molecular complexity index is 765. The molecule has 2 aliphatic rings. The van der Waals surface area contributed by atoms with Crippen molar-refractivity contribution in [1.29, 1.82) is 0 Å². The zero-order valence-electron chi connectivity index (χ0n) is 14.2. The van der Waals surface area contributed by atoms with Gasteiger partial charge in [0.15, 0.2) is 11.6 Å². The molecule has 1 saturated carbocycles. The average Bonchev–Trinajstić information content (AvgIpc) is 2.81. The molecule has 0 unspecified atom stereocenters. The number of rotatable bonds is 2. The van der Waals surface area contributed by atoms with E-state index < -0.39 is 0 Å². The number of carbonyl (C=O) groups excluding carboxylic acids is 2. The van der Waals surface area contributed by atoms with Crippen LogP contribution in [0.25, 0.3) is 0 Å². The Morgan fingerprint density at radius 3 is 2.33 bits per heavy atom. The molecule has 3 rings (SSSR count). The van der Waals surface area contributed by atoms with Crippen molar-refractivity contribution in [3.8, 4) is 0 Å². The van der Waals surface area contributed by atoms with Crippen LogP contribution in [-0.4, -0.2) is 18.6 Å². The molecule has 1 heterocycles. The number of para-hydroxylation sites is 1. The molecular weight excluding hydrogens is 318 g/mol. The molecule has 1 aromatic rings. The van der Waals surface area contributed by atoms with E-state index in [1.165, 1.54) is 10.6 Å². The second kappa shape index (κ2) is 6.44. The first-order chi connectivity index (χ1) is 11.4. The van der Waals surface area contributed by atoms with Gasteiger partial charge in [0.05, 0.1) is 16.3 Å². The minimum Gasteiger partial charge on any atom is -0.338 e. The van der Waals surface area contributed by atoms with Gasteiger partial charge in [-0.2, -0.15) is 0 Å². The van der Waals surface area contributed by atoms with Gasteiger partial charge in [0.1, 0.15) is 0 Å². The molecular formula is C20H21NO2S. The third-order valence-corrected chi connectivity index (χ3v) is 5.45. The van der Waals surface area contributed by atoms with E-state index >= 15 is 0 Å². The van der Waals surface area contributed by atoms with Crippen LogP contribution >= 0.6 is 11.8 Å². The van der Waals surface area contributed by atoms with E-state index in [9.17, 15) is 9.59 Å². The summed E-state index contributed by atoms with van der Waals surface area (Å²) in [6.45, 7) is 3.93. The van der Waals surface area contributed by atoms with Crippen LogP contribution in [0.3, 0.4) is 0 Å². The predicted octanol–water partition coefficient (Wildman–Crippen LogP) is 4.51. The number of allylic oxidation sites excluding steroid dienone is 5. The Labute approximate surface area is 147 Å². The number of carbonyl (C=O) groups is 2. The minimum atomic E-state index is -0.216. The summed E-state index contributed by atoms with van der Waals surface area (Å²) in [5.74, 6) is -0.0957. The number of nitrogens with zero attached hydrogens (tertiary/aromatic N) is 1. The van der Waals surface area contributed by atoms with Crippen molar-refractivity contribution in [3.63, 3.8) is 0 Å². The third kappa shape index (κ3) is 3.39. The average molecular weight is 339 g/mol. The molecule has 1 aliphatic carbocycles. The zero-order chi connectivity index (χ0) is 17.3. The molecule has 1 aliphatic heterocycles. The summed E-state index contributed by atoms with van der Waals surface area (Å²) in [7, 11) is 2.03. The maximum atomic E-state index is 12.1. The lowest BCUT2D eigenvalue weighted by atomic mass is 9.74. The molecule has 0 spiro atoms. The van der Waals surface area contributed by atoms with Gasteiger partial charge >= 0.3 is 0 Å². The van der Waals surface area contributed by atoms with Gasteiger partial charge in [-0.05, 0) is 29.7 Å². The Morgan fingerprint density at radius 2 is 1.67 bits per heavy atom. The number of hydrogen-bond acceptors (Lipinski definition) is 4. The second-order valence-electron chi connectivity index (χ2n) is 6.96. The van der Waals surface area contributed by atoms with E-state index in [0.717, 1.165) is 5.03 Å². The molecule has 0 radical (unpaired) electrons. The molecule has 1 aromatic carbocycles. The molecule has 4 heteroatoms. The number of thioether (sulfide) groups is 1. The van der Waals surface area contributed by atoms with Crippen molar-refractivity contribution in [2.45, 2.75) is 31.6 Å². The summed E-state index contributed by atoms with van der Waals surface area (Å²) in [6.07, 6.45) is 8.21. The highest BCUT2D eigenvalue weighted by molar-refractivity contribution is 8.03. The Balaban J connectivity index is 1.72. The summed E-state index contributed by atoms with van der Waals surface area (Å²) in [5.41, 5.74) is 1.31. The van der Waals surface area contributed by atoms with Gasteiger partial charge in [0.2, 0.25) is 0 Å². The van der Waals surface area contributed by atoms with Crippen LogP contribution in [0.4, 0.5) is 5.69 Å². The van der Waals surface area contributed by atoms with Crippen LogP contribution in [0.5, 0.6) is 0 Å². The van der Waals surface area contributed by atoms with E-state index in [0.29, 0.717) is 18.4 Å². The standard InChI is InChI=1S/C20H21NO2S/c1-20(2)12-16(22)14(17(23)13-20)8-4-7-11-19-21(3)15-9-5-6-10-18(15)24-19/h4-11H,12-13H2,1-3H3/b7-4+,19-11+. The summed E-state index contributed by atoms with van der Waals surface area (Å²) < 4.78 is 0. The highest BCUT2D eigenvalue weighted by Gasteiger charge is 2.35. The molecule has 24 heavy (non-hydrogen) atoms. The maximum absolute atomic E-state index is 12.1. The highest BCUT2D eigenvalue weighted by atomic mass is 32.2. The SMILES string of the molecule is CN1/C(=C\C=C\C=C2C(=O)CC(C)(C)CC2=O)Sc2ccccc21. The highest BCUT2D eigenvalue weighted by Crippen LogP contribution is 2.44. The second-order valence-corrected chi connectivity index (χ2v) is 8.03. The number of hydrogen-bond donors (Lipinski definition) is 0. The molecule has 0 aromatic heterocycles. The van der Waals surface area contributed by atoms with Gasteiger partial charge in [-0.25, -0.2) is 0 Å². The van der Waals surface area contributed by atoms with Gasteiger partial charge in [-0.1, -0.05) is 49.9 Å². The van der Waals surface area contributed by atoms with Crippen LogP contribution in [0.15, 0.2) is 64.1 Å². The monoisotopic (exact) mass is 339 g/mol. The smallest absolute Gasteiger partial charge is 0.166 e. The van der Waals surface area contributed by atoms with Crippen molar-refractivity contribution in [3.05, 3.63) is 59.2 Å². The Kier molecular flexibility index (Phi) is 4.50. The lowest BCUT2D eigenvalue weighted by molar-refractivity contribution is -0.127. The third-order valence-electron chi connectivity index (χ3n) is 4.26. The van der Waals surface area contributed by atoms with E-state index in [-0.39, 0.29) is 17.0 Å². The van der Waals surface area contributed by atoms with Crippen molar-refractivity contribution < 1.29 is 9.59 Å². The zero-order valence-corrected chi connectivity index (χ0v) is 15.0. The van der Waals surface area contributed by atoms with Crippen LogP contribution in [0, 0.1) is 5.41 Å². The van der Waals surface area contributed by atoms with E-state index in [1.807, 2.05) is 45.2 Å². The predicted molar refractivity (Wildman–Crippen MR) is 99.0 cm³/mol. The van der Waals surface area contributed by atoms with Gasteiger partial charge < -0.3 is 4.90 Å². The van der Waals surface area contributed by atoms with Crippen molar-refractivity contribution in [2.75, 3.05) is 11.9 Å². The van der Waals surface area contributed by atoms with Gasteiger partial charge in [-0.3, -0.25) is 9.59 Å². The molecule has 0 N–H and O–H groups in total. The van der Waals surface area contributed by atoms with Gasteiger partial charge in [0, 0.05) is 24.8 Å². The van der Waals surface area contributed by atoms with Crippen LogP contribution in [-0.2, 0) is 9.59 Å². The summed E-state index contributed by atoms with van der Waals surface area (Å²) in [6, 6.07) is 8.26. The quantitative estimate of drug-likeness (QED) is 0.587. The van der Waals surface area contributed by atoms with E-state index in [1.54, 1.807) is 23.9 Å². The normalized spacial score (nSPS) is 21.7. The first-order valence-electron chi connectivity index (χ1n) is 8.03. The molecule has 1 fully saturated rings. The topological polar surface area (TPSA) is 37.4 Å². The minimum absolute atomic E-state index is 0.0479. The van der Waals surface area contributed by atoms with Gasteiger partial charge in [-0.15, -0.1) is 0 Å². The molecule has 0 atom stereocenters. The molecule has 124 valence electrons. The van der Waals surface area contributed by atoms with Crippen LogP contribution < -0.4 is 4.90 Å². The summed E-state index contributed by atoms with van der Waals surface area (Å²) in [4.78, 5) is 27.6. The fourth-order valence-corrected chi connectivity index (χ4v) is 4.08. The van der Waals surface area contributed by atoms with Crippen molar-refractivity contribution in [2.24, 2.45) is 5.41 Å². The fraction of sp³-hybridized carbons (Fsp3) is 0.300. The number of fused-ring (bicyclic) bond motifs is 1. The van der Waals surface area contributed by atoms with E-state index in [4.69, 9.17) is 0 Å². The lowest BCUT2D eigenvalue weighted by Gasteiger charge is -2.28. The van der Waals surface area contributed by atoms with Gasteiger partial charge in [0.25, 0.3) is 0 Å². The number of Topliss-reactive ketones (excluding diaryl/α,β-unsaturated/α-hetero) is 2. The van der Waals surface area contributed by atoms with Crippen molar-refractivity contribution >= 4 is 29.0 Å².